The first-order valence-corrected chi connectivity index (χ1v) is 7.00. The van der Waals surface area contributed by atoms with Gasteiger partial charge in [-0.15, -0.1) is 0 Å². The van der Waals surface area contributed by atoms with Crippen LogP contribution in [0.3, 0.4) is 0 Å². The summed E-state index contributed by atoms with van der Waals surface area (Å²) in [6.07, 6.45) is 1.77. The van der Waals surface area contributed by atoms with E-state index in [0.29, 0.717) is 13.0 Å². The van der Waals surface area contributed by atoms with Gasteiger partial charge in [-0.05, 0) is 25.0 Å². The zero-order valence-corrected chi connectivity index (χ0v) is 12.0. The number of aliphatic hydroxyl groups excluding tert-OH is 1. The monoisotopic (exact) mass is 290 g/mol. The van der Waals surface area contributed by atoms with Gasteiger partial charge < -0.3 is 26.9 Å². The molecule has 1 aromatic carbocycles. The molecule has 2 aromatic rings. The Morgan fingerprint density at radius 1 is 1.43 bits per heavy atom. The van der Waals surface area contributed by atoms with Crippen LogP contribution in [0.1, 0.15) is 12.5 Å². The number of rotatable bonds is 7. The lowest BCUT2D eigenvalue weighted by atomic mass is 10.0. The van der Waals surface area contributed by atoms with Crippen LogP contribution in [0.4, 0.5) is 0 Å². The lowest BCUT2D eigenvalue weighted by molar-refractivity contribution is -0.122. The van der Waals surface area contributed by atoms with Gasteiger partial charge in [-0.3, -0.25) is 4.79 Å². The Balaban J connectivity index is 1.95. The predicted octanol–water partition coefficient (Wildman–Crippen LogP) is -0.138. The van der Waals surface area contributed by atoms with E-state index in [0.717, 1.165) is 16.5 Å². The summed E-state index contributed by atoms with van der Waals surface area (Å²) in [6.45, 7) is 1.92. The molecule has 6 heteroatoms. The molecular weight excluding hydrogens is 268 g/mol. The number of aromatic nitrogens is 1. The topological polar surface area (TPSA) is 117 Å². The van der Waals surface area contributed by atoms with Crippen LogP contribution in [0.2, 0.25) is 0 Å². The summed E-state index contributed by atoms with van der Waals surface area (Å²) >= 11 is 0. The Hall–Kier alpha value is -1.89. The lowest BCUT2D eigenvalue weighted by Crippen LogP contribution is -2.51. The third kappa shape index (κ3) is 3.81. The Morgan fingerprint density at radius 2 is 2.14 bits per heavy atom. The maximum absolute atomic E-state index is 11.2. The Bertz CT molecular complexity index is 608. The van der Waals surface area contributed by atoms with Crippen molar-refractivity contribution in [3.63, 3.8) is 0 Å². The van der Waals surface area contributed by atoms with E-state index >= 15 is 0 Å². The Kier molecular flexibility index (Phi) is 4.95. The highest BCUT2D eigenvalue weighted by atomic mass is 16.3. The maximum atomic E-state index is 11.2. The van der Waals surface area contributed by atoms with Crippen molar-refractivity contribution in [2.24, 2.45) is 11.5 Å². The second kappa shape index (κ2) is 6.71. The average molecular weight is 290 g/mol. The van der Waals surface area contributed by atoms with Gasteiger partial charge in [0.25, 0.3) is 0 Å². The van der Waals surface area contributed by atoms with Crippen LogP contribution in [0.25, 0.3) is 10.9 Å². The van der Waals surface area contributed by atoms with Gasteiger partial charge >= 0.3 is 0 Å². The van der Waals surface area contributed by atoms with E-state index in [-0.39, 0.29) is 6.04 Å². The summed E-state index contributed by atoms with van der Waals surface area (Å²) < 4.78 is 0. The number of benzene rings is 1. The zero-order valence-electron chi connectivity index (χ0n) is 12.0. The van der Waals surface area contributed by atoms with E-state index in [1.165, 1.54) is 6.92 Å². The summed E-state index contributed by atoms with van der Waals surface area (Å²) in [5.41, 5.74) is 13.5. The summed E-state index contributed by atoms with van der Waals surface area (Å²) in [5.74, 6) is -0.579. The number of para-hydroxylation sites is 1. The standard InChI is InChI=1S/C15H22N4O2/c1-9(20)14(15(17)21)19-8-11(16)6-10-7-18-13-5-3-2-4-12(10)13/h2-5,7,9,11,14,18-20H,6,8,16H2,1H3,(H2,17,21)/t9-,11+,14+/m1/s1. The van der Waals surface area contributed by atoms with Crippen molar-refractivity contribution >= 4 is 16.8 Å². The average Bonchev–Trinajstić information content (AvgIpc) is 2.81. The van der Waals surface area contributed by atoms with E-state index in [9.17, 15) is 9.90 Å². The van der Waals surface area contributed by atoms with Crippen LogP contribution in [0, 0.1) is 0 Å². The number of primary amides is 1. The first-order chi connectivity index (χ1) is 9.99. The molecule has 7 N–H and O–H groups in total. The molecule has 1 heterocycles. The molecule has 0 spiro atoms. The number of hydrogen-bond acceptors (Lipinski definition) is 4. The number of nitrogens with one attached hydrogen (secondary N) is 2. The SMILES string of the molecule is C[C@@H](O)[C@H](NC[C@@H](N)Cc1c[nH]c2ccccc12)C(N)=O. The Morgan fingerprint density at radius 3 is 2.81 bits per heavy atom. The van der Waals surface area contributed by atoms with Gasteiger partial charge in [0.2, 0.25) is 5.91 Å². The number of carbonyl (C=O) groups excluding carboxylic acids is 1. The number of fused-ring (bicyclic) bond motifs is 1. The molecule has 1 aromatic heterocycles. The fourth-order valence-corrected chi connectivity index (χ4v) is 2.44. The maximum Gasteiger partial charge on any atom is 0.237 e. The first kappa shape index (κ1) is 15.5. The summed E-state index contributed by atoms with van der Waals surface area (Å²) in [4.78, 5) is 14.4. The van der Waals surface area contributed by atoms with Gasteiger partial charge in [0, 0.05) is 29.7 Å². The quantitative estimate of drug-likeness (QED) is 0.488. The number of aromatic amines is 1. The minimum atomic E-state index is -0.845. The molecule has 0 aliphatic heterocycles. The van der Waals surface area contributed by atoms with Crippen molar-refractivity contribution in [2.75, 3.05) is 6.54 Å². The van der Waals surface area contributed by atoms with Crippen LogP contribution in [-0.2, 0) is 11.2 Å². The summed E-state index contributed by atoms with van der Waals surface area (Å²) in [7, 11) is 0. The predicted molar refractivity (Wildman–Crippen MR) is 82.6 cm³/mol. The molecule has 0 bridgehead atoms. The van der Waals surface area contributed by atoms with E-state index in [2.05, 4.69) is 10.3 Å². The molecule has 6 nitrogen and oxygen atoms in total. The molecule has 2 rings (SSSR count). The van der Waals surface area contributed by atoms with Crippen LogP contribution >= 0.6 is 0 Å². The normalized spacial score (nSPS) is 15.8. The van der Waals surface area contributed by atoms with Crippen molar-refractivity contribution in [2.45, 2.75) is 31.5 Å². The highest BCUT2D eigenvalue weighted by molar-refractivity contribution is 5.83. The molecule has 0 unspecified atom stereocenters. The molecule has 0 fully saturated rings. The highest BCUT2D eigenvalue weighted by Crippen LogP contribution is 2.18. The zero-order chi connectivity index (χ0) is 15.4. The summed E-state index contributed by atoms with van der Waals surface area (Å²) in [6, 6.07) is 7.07. The van der Waals surface area contributed by atoms with Gasteiger partial charge in [0.05, 0.1) is 6.10 Å². The molecule has 0 aliphatic carbocycles. The van der Waals surface area contributed by atoms with Gasteiger partial charge in [-0.1, -0.05) is 18.2 Å². The van der Waals surface area contributed by atoms with Crippen LogP contribution in [-0.4, -0.2) is 40.7 Å². The van der Waals surface area contributed by atoms with E-state index in [1.807, 2.05) is 30.5 Å². The fourth-order valence-electron chi connectivity index (χ4n) is 2.44. The fraction of sp³-hybridized carbons (Fsp3) is 0.400. The number of aliphatic hydroxyl groups is 1. The van der Waals surface area contributed by atoms with Gasteiger partial charge in [-0.2, -0.15) is 0 Å². The van der Waals surface area contributed by atoms with Crippen LogP contribution in [0.15, 0.2) is 30.5 Å². The molecule has 114 valence electrons. The molecular formula is C15H22N4O2. The minimum absolute atomic E-state index is 0.176. The van der Waals surface area contributed by atoms with Crippen molar-refractivity contribution in [1.29, 1.82) is 0 Å². The lowest BCUT2D eigenvalue weighted by Gasteiger charge is -2.20. The Labute approximate surface area is 123 Å². The number of carbonyl (C=O) groups is 1. The first-order valence-electron chi connectivity index (χ1n) is 7.00. The third-order valence-corrected chi connectivity index (χ3v) is 3.55. The largest absolute Gasteiger partial charge is 0.391 e. The smallest absolute Gasteiger partial charge is 0.237 e. The highest BCUT2D eigenvalue weighted by Gasteiger charge is 2.21. The third-order valence-electron chi connectivity index (χ3n) is 3.55. The molecule has 0 saturated heterocycles. The van der Waals surface area contributed by atoms with Gasteiger partial charge in [0.1, 0.15) is 6.04 Å². The van der Waals surface area contributed by atoms with E-state index in [1.54, 1.807) is 0 Å². The summed E-state index contributed by atoms with van der Waals surface area (Å²) in [5, 5.41) is 13.6. The van der Waals surface area contributed by atoms with Crippen molar-refractivity contribution < 1.29 is 9.90 Å². The molecule has 0 aliphatic rings. The van der Waals surface area contributed by atoms with E-state index < -0.39 is 18.1 Å². The molecule has 21 heavy (non-hydrogen) atoms. The number of H-pyrrole nitrogens is 1. The van der Waals surface area contributed by atoms with Crippen molar-refractivity contribution in [3.05, 3.63) is 36.0 Å². The number of amides is 1. The molecule has 0 radical (unpaired) electrons. The van der Waals surface area contributed by atoms with Crippen LogP contribution < -0.4 is 16.8 Å². The van der Waals surface area contributed by atoms with Crippen molar-refractivity contribution in [3.8, 4) is 0 Å². The number of hydrogen-bond donors (Lipinski definition) is 5. The van der Waals surface area contributed by atoms with Crippen molar-refractivity contribution in [1.82, 2.24) is 10.3 Å². The van der Waals surface area contributed by atoms with Crippen LogP contribution in [0.5, 0.6) is 0 Å². The second-order valence-corrected chi connectivity index (χ2v) is 5.35. The molecule has 1 amide bonds. The number of nitrogens with two attached hydrogens (primary N) is 2. The van der Waals surface area contributed by atoms with Gasteiger partial charge in [-0.25, -0.2) is 0 Å². The van der Waals surface area contributed by atoms with Gasteiger partial charge in [0.15, 0.2) is 0 Å². The van der Waals surface area contributed by atoms with E-state index in [4.69, 9.17) is 11.5 Å². The molecule has 3 atom stereocenters. The second-order valence-electron chi connectivity index (χ2n) is 5.35. The molecule has 0 saturated carbocycles. The minimum Gasteiger partial charge on any atom is -0.391 e.